The van der Waals surface area contributed by atoms with Crippen LogP contribution >= 0.6 is 0 Å². The zero-order chi connectivity index (χ0) is 18.1. The van der Waals surface area contributed by atoms with Crippen molar-refractivity contribution in [1.29, 1.82) is 5.26 Å². The Morgan fingerprint density at radius 2 is 1.96 bits per heavy atom. The van der Waals surface area contributed by atoms with E-state index in [1.165, 1.54) is 12.1 Å². The molecule has 2 saturated carbocycles. The Bertz CT molecular complexity index is 878. The van der Waals surface area contributed by atoms with Crippen LogP contribution in [0.2, 0.25) is 0 Å². The molecular formula is C16H15F3N2O3S. The molecule has 2 aliphatic carbocycles. The van der Waals surface area contributed by atoms with Gasteiger partial charge in [-0.2, -0.15) is 18.4 Å². The van der Waals surface area contributed by atoms with Gasteiger partial charge >= 0.3 is 6.18 Å². The van der Waals surface area contributed by atoms with Crippen LogP contribution in [0.25, 0.3) is 0 Å². The minimum absolute atomic E-state index is 0.0744. The number of fused-ring (bicyclic) bond motifs is 5. The lowest BCUT2D eigenvalue weighted by molar-refractivity contribution is -0.137. The van der Waals surface area contributed by atoms with Gasteiger partial charge in [0.25, 0.3) is 0 Å². The van der Waals surface area contributed by atoms with Gasteiger partial charge in [-0.1, -0.05) is 0 Å². The number of nitriles is 1. The molecule has 0 amide bonds. The summed E-state index contributed by atoms with van der Waals surface area (Å²) in [6.45, 7) is 0.129. The van der Waals surface area contributed by atoms with E-state index in [1.807, 2.05) is 0 Å². The number of halogens is 3. The molecule has 0 aromatic heterocycles. The van der Waals surface area contributed by atoms with Crippen molar-refractivity contribution in [3.63, 3.8) is 0 Å². The average Bonchev–Trinajstić information content (AvgIpc) is 3.15. The Balaban J connectivity index is 1.76. The summed E-state index contributed by atoms with van der Waals surface area (Å²) in [5, 5.41) is 18.1. The molecule has 5 atom stereocenters. The molecule has 1 saturated heterocycles. The Hall–Kier alpha value is -1.79. The first-order valence-electron chi connectivity index (χ1n) is 7.95. The topological polar surface area (TPSA) is 81.4 Å². The summed E-state index contributed by atoms with van der Waals surface area (Å²) in [6.07, 6.45) is -4.19. The fourth-order valence-electron chi connectivity index (χ4n) is 4.79. The highest BCUT2D eigenvalue weighted by molar-refractivity contribution is 7.93. The third-order valence-corrected chi connectivity index (χ3v) is 8.17. The van der Waals surface area contributed by atoms with Gasteiger partial charge in [0.15, 0.2) is 0 Å². The average molecular weight is 372 g/mol. The molecule has 9 heteroatoms. The van der Waals surface area contributed by atoms with E-state index >= 15 is 0 Å². The molecule has 0 spiro atoms. The highest BCUT2D eigenvalue weighted by atomic mass is 32.2. The first kappa shape index (κ1) is 16.7. The first-order valence-corrected chi connectivity index (χ1v) is 9.46. The quantitative estimate of drug-likeness (QED) is 0.819. The first-order chi connectivity index (χ1) is 11.6. The minimum Gasteiger partial charge on any atom is -0.393 e. The van der Waals surface area contributed by atoms with Crippen molar-refractivity contribution in [2.45, 2.75) is 30.4 Å². The van der Waals surface area contributed by atoms with Gasteiger partial charge in [-0.25, -0.2) is 8.42 Å². The molecule has 134 valence electrons. The number of rotatable bonds is 1. The molecule has 2 bridgehead atoms. The van der Waals surface area contributed by atoms with E-state index in [-0.39, 0.29) is 30.0 Å². The van der Waals surface area contributed by atoms with E-state index in [0.717, 1.165) is 16.4 Å². The van der Waals surface area contributed by atoms with Crippen molar-refractivity contribution in [3.05, 3.63) is 29.3 Å². The maximum atomic E-state index is 13.2. The lowest BCUT2D eigenvalue weighted by atomic mass is 9.87. The molecule has 1 aromatic rings. The van der Waals surface area contributed by atoms with Crippen LogP contribution in [0.4, 0.5) is 18.9 Å². The molecule has 3 fully saturated rings. The third-order valence-electron chi connectivity index (χ3n) is 5.81. The summed E-state index contributed by atoms with van der Waals surface area (Å²) in [7, 11) is -3.84. The van der Waals surface area contributed by atoms with Gasteiger partial charge in [0.05, 0.1) is 34.2 Å². The van der Waals surface area contributed by atoms with Crippen LogP contribution in [0.3, 0.4) is 0 Å². The zero-order valence-electron chi connectivity index (χ0n) is 12.9. The fraction of sp³-hybridized carbons (Fsp3) is 0.562. The number of hydrogen-bond acceptors (Lipinski definition) is 4. The number of benzene rings is 1. The molecule has 25 heavy (non-hydrogen) atoms. The smallest absolute Gasteiger partial charge is 0.393 e. The number of alkyl halides is 3. The summed E-state index contributed by atoms with van der Waals surface area (Å²) >= 11 is 0. The van der Waals surface area contributed by atoms with Crippen LogP contribution in [-0.2, 0) is 16.2 Å². The highest BCUT2D eigenvalue weighted by Crippen LogP contribution is 2.56. The van der Waals surface area contributed by atoms with Crippen molar-refractivity contribution in [2.75, 3.05) is 10.8 Å². The van der Waals surface area contributed by atoms with E-state index in [1.54, 1.807) is 0 Å². The molecule has 1 aromatic carbocycles. The van der Waals surface area contributed by atoms with Crippen LogP contribution in [0, 0.1) is 29.1 Å². The van der Waals surface area contributed by atoms with Gasteiger partial charge in [-0.15, -0.1) is 0 Å². The molecule has 3 aliphatic rings. The Kier molecular flexibility index (Phi) is 3.41. The molecule has 1 N–H and O–H groups in total. The van der Waals surface area contributed by atoms with Gasteiger partial charge in [-0.3, -0.25) is 4.31 Å². The molecule has 0 unspecified atom stereocenters. The number of anilines is 1. The van der Waals surface area contributed by atoms with Crippen molar-refractivity contribution in [3.8, 4) is 6.07 Å². The largest absolute Gasteiger partial charge is 0.417 e. The number of hydrogen-bond donors (Lipinski definition) is 1. The van der Waals surface area contributed by atoms with Gasteiger partial charge in [0, 0.05) is 12.5 Å². The monoisotopic (exact) mass is 372 g/mol. The molecular weight excluding hydrogens is 357 g/mol. The number of aliphatic hydroxyl groups excluding tert-OH is 1. The van der Waals surface area contributed by atoms with E-state index in [0.29, 0.717) is 12.8 Å². The van der Waals surface area contributed by atoms with Crippen LogP contribution in [-0.4, -0.2) is 31.4 Å². The minimum atomic E-state index is -4.74. The Morgan fingerprint density at radius 1 is 1.24 bits per heavy atom. The maximum Gasteiger partial charge on any atom is 0.417 e. The van der Waals surface area contributed by atoms with E-state index in [4.69, 9.17) is 5.26 Å². The van der Waals surface area contributed by atoms with Crippen LogP contribution in [0.5, 0.6) is 0 Å². The van der Waals surface area contributed by atoms with Gasteiger partial charge in [-0.05, 0) is 42.9 Å². The SMILES string of the molecule is N#Cc1ccc(N2C[C@H]3[C@H]4C[C@H]([C@H]3S2(=O)=O)[C@@H](O)C4)cc1C(F)(F)F. The number of sulfonamides is 1. The molecule has 5 nitrogen and oxygen atoms in total. The highest BCUT2D eigenvalue weighted by Gasteiger charge is 2.62. The van der Waals surface area contributed by atoms with Crippen LogP contribution in [0.15, 0.2) is 18.2 Å². The molecule has 0 radical (unpaired) electrons. The van der Waals surface area contributed by atoms with Crippen molar-refractivity contribution in [2.24, 2.45) is 17.8 Å². The predicted octanol–water partition coefficient (Wildman–Crippen LogP) is 2.11. The van der Waals surface area contributed by atoms with Crippen LogP contribution < -0.4 is 4.31 Å². The normalized spacial score (nSPS) is 35.6. The zero-order valence-corrected chi connectivity index (χ0v) is 13.8. The van der Waals surface area contributed by atoms with Crippen LogP contribution in [0.1, 0.15) is 24.0 Å². The van der Waals surface area contributed by atoms with Gasteiger partial charge in [0.1, 0.15) is 0 Å². The van der Waals surface area contributed by atoms with E-state index in [9.17, 15) is 26.7 Å². The van der Waals surface area contributed by atoms with Crippen molar-refractivity contribution in [1.82, 2.24) is 0 Å². The summed E-state index contributed by atoms with van der Waals surface area (Å²) in [4.78, 5) is 0. The van der Waals surface area contributed by atoms with E-state index in [2.05, 4.69) is 0 Å². The summed E-state index contributed by atoms with van der Waals surface area (Å²) in [5.41, 5.74) is -1.75. The molecule has 1 heterocycles. The lowest BCUT2D eigenvalue weighted by Crippen LogP contribution is -2.38. The second-order valence-electron chi connectivity index (χ2n) is 7.01. The van der Waals surface area contributed by atoms with Crippen molar-refractivity contribution >= 4 is 15.7 Å². The second kappa shape index (κ2) is 5.11. The number of aliphatic hydroxyl groups is 1. The molecule has 4 rings (SSSR count). The Labute approximate surface area is 142 Å². The van der Waals surface area contributed by atoms with Gasteiger partial charge < -0.3 is 5.11 Å². The fourth-order valence-corrected chi connectivity index (χ4v) is 7.35. The summed E-state index contributed by atoms with van der Waals surface area (Å²) in [6, 6.07) is 4.47. The maximum absolute atomic E-state index is 13.2. The summed E-state index contributed by atoms with van der Waals surface area (Å²) in [5.74, 6) is -0.418. The lowest BCUT2D eigenvalue weighted by Gasteiger charge is -2.26. The second-order valence-corrected chi connectivity index (χ2v) is 9.02. The third kappa shape index (κ3) is 2.27. The predicted molar refractivity (Wildman–Crippen MR) is 81.9 cm³/mol. The summed E-state index contributed by atoms with van der Waals surface area (Å²) < 4.78 is 66.3. The van der Waals surface area contributed by atoms with Crippen molar-refractivity contribution < 1.29 is 26.7 Å². The van der Waals surface area contributed by atoms with Gasteiger partial charge in [0.2, 0.25) is 10.0 Å². The standard InChI is InChI=1S/C16H15F3N2O3S/c17-16(18,19)13-5-10(2-1-8(13)6-20)21-7-12-9-3-11(14(22)4-9)15(12)25(21,23)24/h1-2,5,9,11-12,14-15,22H,3-4,7H2/t9-,11-,12-,14-,15+/m0/s1. The molecule has 1 aliphatic heterocycles. The van der Waals surface area contributed by atoms with E-state index < -0.39 is 38.7 Å². The number of nitrogens with zero attached hydrogens (tertiary/aromatic N) is 2. The Morgan fingerprint density at radius 3 is 2.60 bits per heavy atom.